The summed E-state index contributed by atoms with van der Waals surface area (Å²) in [6.07, 6.45) is 5.03. The Balaban J connectivity index is 1.89. The molecular formula is C16H21N3O2. The summed E-state index contributed by atoms with van der Waals surface area (Å²) in [4.78, 5) is 0. The molecule has 2 heterocycles. The van der Waals surface area contributed by atoms with Crippen LogP contribution in [0, 0.1) is 0 Å². The maximum atomic E-state index is 6.10. The van der Waals surface area contributed by atoms with Crippen LogP contribution in [0.25, 0.3) is 11.3 Å². The van der Waals surface area contributed by atoms with Gasteiger partial charge < -0.3 is 15.2 Å². The van der Waals surface area contributed by atoms with E-state index < -0.39 is 0 Å². The molecule has 0 bridgehead atoms. The van der Waals surface area contributed by atoms with Gasteiger partial charge in [-0.3, -0.25) is 4.68 Å². The zero-order valence-electron chi connectivity index (χ0n) is 12.3. The molecule has 0 unspecified atom stereocenters. The number of nitrogens with zero attached hydrogens (tertiary/aromatic N) is 2. The maximum Gasteiger partial charge on any atom is 0.161 e. The van der Waals surface area contributed by atoms with Crippen molar-refractivity contribution in [1.29, 1.82) is 0 Å². The van der Waals surface area contributed by atoms with Gasteiger partial charge in [0.05, 0.1) is 18.9 Å². The van der Waals surface area contributed by atoms with E-state index in [9.17, 15) is 0 Å². The van der Waals surface area contributed by atoms with Crippen LogP contribution >= 0.6 is 0 Å². The van der Waals surface area contributed by atoms with E-state index in [2.05, 4.69) is 12.0 Å². The number of hydrogen-bond acceptors (Lipinski definition) is 4. The first kappa shape index (κ1) is 13.8. The lowest BCUT2D eigenvalue weighted by Gasteiger charge is -2.08. The van der Waals surface area contributed by atoms with Crippen molar-refractivity contribution in [1.82, 2.24) is 9.78 Å². The van der Waals surface area contributed by atoms with Crippen LogP contribution in [0.15, 0.2) is 24.4 Å². The van der Waals surface area contributed by atoms with Crippen molar-refractivity contribution in [2.24, 2.45) is 0 Å². The maximum absolute atomic E-state index is 6.10. The topological polar surface area (TPSA) is 62.3 Å². The first-order chi connectivity index (χ1) is 10.3. The fourth-order valence-electron chi connectivity index (χ4n) is 2.41. The molecule has 112 valence electrons. The van der Waals surface area contributed by atoms with E-state index in [-0.39, 0.29) is 0 Å². The largest absolute Gasteiger partial charge is 0.490 e. The summed E-state index contributed by atoms with van der Waals surface area (Å²) in [5.41, 5.74) is 8.56. The van der Waals surface area contributed by atoms with E-state index in [0.717, 1.165) is 48.6 Å². The number of ether oxygens (including phenoxy) is 2. The van der Waals surface area contributed by atoms with E-state index in [0.29, 0.717) is 18.9 Å². The second-order valence-corrected chi connectivity index (χ2v) is 5.26. The Bertz CT molecular complexity index is 622. The van der Waals surface area contributed by atoms with Gasteiger partial charge in [0.1, 0.15) is 5.69 Å². The lowest BCUT2D eigenvalue weighted by Crippen LogP contribution is -1.98. The minimum atomic E-state index is 0.677. The molecule has 1 aromatic heterocycles. The van der Waals surface area contributed by atoms with Crippen molar-refractivity contribution in [3.63, 3.8) is 0 Å². The third-order valence-corrected chi connectivity index (χ3v) is 3.55. The van der Waals surface area contributed by atoms with Gasteiger partial charge in [-0.2, -0.15) is 5.10 Å². The number of aromatic nitrogens is 2. The molecule has 0 saturated heterocycles. The highest BCUT2D eigenvalue weighted by Gasteiger charge is 2.14. The van der Waals surface area contributed by atoms with Crippen molar-refractivity contribution in [3.05, 3.63) is 24.4 Å². The predicted molar refractivity (Wildman–Crippen MR) is 82.6 cm³/mol. The molecule has 0 atom stereocenters. The van der Waals surface area contributed by atoms with Crippen LogP contribution in [0.1, 0.15) is 26.2 Å². The van der Waals surface area contributed by atoms with E-state index in [1.165, 1.54) is 0 Å². The summed E-state index contributed by atoms with van der Waals surface area (Å²) in [5, 5.41) is 4.59. The molecule has 0 saturated carbocycles. The van der Waals surface area contributed by atoms with Crippen LogP contribution in [-0.4, -0.2) is 23.0 Å². The van der Waals surface area contributed by atoms with Crippen molar-refractivity contribution >= 4 is 5.69 Å². The zero-order valence-corrected chi connectivity index (χ0v) is 12.3. The third kappa shape index (κ3) is 2.96. The zero-order chi connectivity index (χ0) is 14.7. The molecule has 2 aromatic rings. The minimum absolute atomic E-state index is 0.677. The Hall–Kier alpha value is -2.17. The number of fused-ring (bicyclic) bond motifs is 1. The van der Waals surface area contributed by atoms with Gasteiger partial charge in [0.25, 0.3) is 0 Å². The van der Waals surface area contributed by atoms with Gasteiger partial charge in [0.2, 0.25) is 0 Å². The number of aryl methyl sites for hydroxylation is 1. The van der Waals surface area contributed by atoms with Crippen LogP contribution < -0.4 is 15.2 Å². The number of rotatable bonds is 4. The number of nitrogens with two attached hydrogens (primary N) is 1. The molecule has 0 amide bonds. The lowest BCUT2D eigenvalue weighted by atomic mass is 10.1. The van der Waals surface area contributed by atoms with Crippen LogP contribution in [0.5, 0.6) is 11.5 Å². The number of anilines is 1. The number of nitrogen functional groups attached to an aromatic ring is 1. The molecule has 1 aliphatic rings. The predicted octanol–water partition coefficient (Wildman–Crippen LogP) is 3.09. The highest BCUT2D eigenvalue weighted by atomic mass is 16.5. The van der Waals surface area contributed by atoms with Crippen molar-refractivity contribution in [2.75, 3.05) is 18.9 Å². The second-order valence-electron chi connectivity index (χ2n) is 5.26. The molecule has 2 N–H and O–H groups in total. The second kappa shape index (κ2) is 6.08. The summed E-state index contributed by atoms with van der Waals surface area (Å²) >= 11 is 0. The summed E-state index contributed by atoms with van der Waals surface area (Å²) in [6, 6.07) is 5.88. The van der Waals surface area contributed by atoms with E-state index in [4.69, 9.17) is 15.2 Å². The molecule has 1 aromatic carbocycles. The molecule has 0 fully saturated rings. The van der Waals surface area contributed by atoms with Gasteiger partial charge in [-0.05, 0) is 24.6 Å². The summed E-state index contributed by atoms with van der Waals surface area (Å²) in [7, 11) is 0. The van der Waals surface area contributed by atoms with E-state index in [1.807, 2.05) is 29.1 Å². The first-order valence-corrected chi connectivity index (χ1v) is 7.51. The van der Waals surface area contributed by atoms with Crippen LogP contribution in [-0.2, 0) is 6.54 Å². The first-order valence-electron chi connectivity index (χ1n) is 7.51. The van der Waals surface area contributed by atoms with Gasteiger partial charge in [-0.15, -0.1) is 0 Å². The normalized spacial score (nSPS) is 14.0. The highest BCUT2D eigenvalue weighted by molar-refractivity contribution is 5.74. The Morgan fingerprint density at radius 1 is 1.24 bits per heavy atom. The Morgan fingerprint density at radius 3 is 2.86 bits per heavy atom. The molecule has 0 radical (unpaired) electrons. The molecule has 0 spiro atoms. The highest BCUT2D eigenvalue weighted by Crippen LogP contribution is 2.35. The Labute approximate surface area is 124 Å². The fraction of sp³-hybridized carbons (Fsp3) is 0.438. The monoisotopic (exact) mass is 287 g/mol. The molecule has 3 rings (SSSR count). The molecular weight excluding hydrogens is 266 g/mol. The quantitative estimate of drug-likeness (QED) is 0.938. The van der Waals surface area contributed by atoms with Gasteiger partial charge in [0, 0.05) is 24.7 Å². The van der Waals surface area contributed by atoms with Crippen LogP contribution in [0.3, 0.4) is 0 Å². The average molecular weight is 287 g/mol. The van der Waals surface area contributed by atoms with Crippen molar-refractivity contribution in [3.8, 4) is 22.8 Å². The lowest BCUT2D eigenvalue weighted by molar-refractivity contribution is 0.297. The van der Waals surface area contributed by atoms with Crippen LogP contribution in [0.2, 0.25) is 0 Å². The third-order valence-electron chi connectivity index (χ3n) is 3.55. The number of unbranched alkanes of at least 4 members (excludes halogenated alkanes) is 1. The molecule has 21 heavy (non-hydrogen) atoms. The standard InChI is InChI=1S/C16H21N3O2/c1-2-3-7-19-11-13(17)16(18-19)12-5-6-14-15(10-12)21-9-4-8-20-14/h5-6,10-11H,2-4,7-9,17H2,1H3. The summed E-state index contributed by atoms with van der Waals surface area (Å²) < 4.78 is 13.3. The Morgan fingerprint density at radius 2 is 2.05 bits per heavy atom. The number of benzene rings is 1. The Kier molecular flexibility index (Phi) is 3.99. The van der Waals surface area contributed by atoms with Crippen molar-refractivity contribution in [2.45, 2.75) is 32.7 Å². The SMILES string of the molecule is CCCCn1cc(N)c(-c2ccc3c(c2)OCCCO3)n1. The molecule has 5 heteroatoms. The summed E-state index contributed by atoms with van der Waals surface area (Å²) in [6.45, 7) is 4.43. The van der Waals surface area contributed by atoms with Gasteiger partial charge in [-0.25, -0.2) is 0 Å². The smallest absolute Gasteiger partial charge is 0.161 e. The molecule has 1 aliphatic heterocycles. The number of hydrogen-bond donors (Lipinski definition) is 1. The fourth-order valence-corrected chi connectivity index (χ4v) is 2.41. The van der Waals surface area contributed by atoms with Crippen molar-refractivity contribution < 1.29 is 9.47 Å². The van der Waals surface area contributed by atoms with Gasteiger partial charge in [-0.1, -0.05) is 13.3 Å². The average Bonchev–Trinajstić information content (AvgIpc) is 2.72. The molecule has 0 aliphatic carbocycles. The van der Waals surface area contributed by atoms with E-state index >= 15 is 0 Å². The molecule has 5 nitrogen and oxygen atoms in total. The summed E-state index contributed by atoms with van der Waals surface area (Å²) in [5.74, 6) is 1.56. The van der Waals surface area contributed by atoms with Gasteiger partial charge in [0.15, 0.2) is 11.5 Å². The van der Waals surface area contributed by atoms with E-state index in [1.54, 1.807) is 0 Å². The van der Waals surface area contributed by atoms with Crippen LogP contribution in [0.4, 0.5) is 5.69 Å². The minimum Gasteiger partial charge on any atom is -0.490 e. The van der Waals surface area contributed by atoms with Gasteiger partial charge >= 0.3 is 0 Å².